The van der Waals surface area contributed by atoms with Crippen LogP contribution < -0.4 is 11.5 Å². The van der Waals surface area contributed by atoms with Crippen molar-refractivity contribution in [2.24, 2.45) is 11.5 Å². The van der Waals surface area contributed by atoms with E-state index in [2.05, 4.69) is 23.8 Å². The van der Waals surface area contributed by atoms with E-state index in [4.69, 9.17) is 11.5 Å². The van der Waals surface area contributed by atoms with Crippen molar-refractivity contribution in [2.75, 3.05) is 33.2 Å². The highest BCUT2D eigenvalue weighted by molar-refractivity contribution is 5.79. The van der Waals surface area contributed by atoms with Crippen molar-refractivity contribution in [1.29, 1.82) is 0 Å². The third kappa shape index (κ3) is 2.94. The third-order valence-electron chi connectivity index (χ3n) is 2.76. The van der Waals surface area contributed by atoms with E-state index in [-0.39, 0.29) is 0 Å². The van der Waals surface area contributed by atoms with E-state index in [9.17, 15) is 4.79 Å². The largest absolute Gasteiger partial charge is 0.368 e. The number of nitrogens with zero attached hydrogens (tertiary/aromatic N) is 2. The number of amides is 1. The highest BCUT2D eigenvalue weighted by atomic mass is 16.1. The first kappa shape index (κ1) is 11.4. The van der Waals surface area contributed by atoms with Crippen molar-refractivity contribution in [1.82, 2.24) is 9.80 Å². The second kappa shape index (κ2) is 4.72. The first-order chi connectivity index (χ1) is 6.50. The van der Waals surface area contributed by atoms with Gasteiger partial charge in [-0.2, -0.15) is 0 Å². The summed E-state index contributed by atoms with van der Waals surface area (Å²) in [6.07, 6.45) is 0. The Morgan fingerprint density at radius 3 is 2.71 bits per heavy atom. The number of primary amides is 1. The molecular weight excluding hydrogens is 180 g/mol. The van der Waals surface area contributed by atoms with Gasteiger partial charge in [0.05, 0.1) is 6.04 Å². The number of likely N-dealkylation sites (N-methyl/N-ethyl adjacent to an activating group) is 1. The van der Waals surface area contributed by atoms with Crippen LogP contribution in [-0.2, 0) is 4.79 Å². The molecule has 5 nitrogen and oxygen atoms in total. The monoisotopic (exact) mass is 200 g/mol. The van der Waals surface area contributed by atoms with Gasteiger partial charge >= 0.3 is 0 Å². The van der Waals surface area contributed by atoms with Crippen LogP contribution in [-0.4, -0.2) is 61.0 Å². The summed E-state index contributed by atoms with van der Waals surface area (Å²) in [6, 6.07) is -0.0972. The maximum absolute atomic E-state index is 10.8. The molecule has 2 atom stereocenters. The van der Waals surface area contributed by atoms with Crippen molar-refractivity contribution in [3.8, 4) is 0 Å². The van der Waals surface area contributed by atoms with Crippen LogP contribution in [0.4, 0.5) is 0 Å². The molecule has 1 fully saturated rings. The minimum Gasteiger partial charge on any atom is -0.368 e. The second-order valence-electron chi connectivity index (χ2n) is 4.12. The van der Waals surface area contributed by atoms with Gasteiger partial charge in [0, 0.05) is 32.2 Å². The SMILES string of the molecule is CC1CN(C)CCN1CC(N)C(N)=O. The zero-order chi connectivity index (χ0) is 10.7. The smallest absolute Gasteiger partial charge is 0.235 e. The van der Waals surface area contributed by atoms with Crippen molar-refractivity contribution >= 4 is 5.91 Å². The first-order valence-corrected chi connectivity index (χ1v) is 4.98. The number of carbonyl (C=O) groups is 1. The number of hydrogen-bond donors (Lipinski definition) is 2. The molecule has 1 saturated heterocycles. The summed E-state index contributed by atoms with van der Waals surface area (Å²) in [5.41, 5.74) is 10.7. The van der Waals surface area contributed by atoms with Gasteiger partial charge in [-0.05, 0) is 14.0 Å². The summed E-state index contributed by atoms with van der Waals surface area (Å²) < 4.78 is 0. The van der Waals surface area contributed by atoms with Crippen LogP contribution in [0.25, 0.3) is 0 Å². The number of rotatable bonds is 3. The van der Waals surface area contributed by atoms with Crippen molar-refractivity contribution in [3.63, 3.8) is 0 Å². The fourth-order valence-electron chi connectivity index (χ4n) is 1.79. The van der Waals surface area contributed by atoms with E-state index in [1.54, 1.807) is 0 Å². The molecule has 4 N–H and O–H groups in total. The minimum absolute atomic E-state index is 0.420. The van der Waals surface area contributed by atoms with Gasteiger partial charge in [0.1, 0.15) is 0 Å². The zero-order valence-electron chi connectivity index (χ0n) is 8.94. The molecule has 0 aromatic carbocycles. The molecule has 1 amide bonds. The molecule has 1 aliphatic rings. The minimum atomic E-state index is -0.541. The van der Waals surface area contributed by atoms with E-state index >= 15 is 0 Å². The van der Waals surface area contributed by atoms with Gasteiger partial charge in [-0.3, -0.25) is 9.69 Å². The van der Waals surface area contributed by atoms with Crippen LogP contribution >= 0.6 is 0 Å². The molecule has 0 aromatic rings. The van der Waals surface area contributed by atoms with Gasteiger partial charge in [0.15, 0.2) is 0 Å². The maximum Gasteiger partial charge on any atom is 0.235 e. The van der Waals surface area contributed by atoms with E-state index in [1.807, 2.05) is 0 Å². The van der Waals surface area contributed by atoms with E-state index in [0.717, 1.165) is 19.6 Å². The third-order valence-corrected chi connectivity index (χ3v) is 2.76. The second-order valence-corrected chi connectivity index (χ2v) is 4.12. The van der Waals surface area contributed by atoms with Crippen molar-refractivity contribution < 1.29 is 4.79 Å². The molecule has 1 rings (SSSR count). The molecule has 0 aliphatic carbocycles. The average molecular weight is 200 g/mol. The van der Waals surface area contributed by atoms with Crippen molar-refractivity contribution in [2.45, 2.75) is 19.0 Å². The summed E-state index contributed by atoms with van der Waals surface area (Å²) >= 11 is 0. The predicted molar refractivity (Wildman–Crippen MR) is 55.7 cm³/mol. The number of nitrogens with two attached hydrogens (primary N) is 2. The number of hydrogen-bond acceptors (Lipinski definition) is 4. The lowest BCUT2D eigenvalue weighted by atomic mass is 10.1. The molecule has 1 aliphatic heterocycles. The van der Waals surface area contributed by atoms with Gasteiger partial charge in [0.2, 0.25) is 5.91 Å². The van der Waals surface area contributed by atoms with Gasteiger partial charge in [0.25, 0.3) is 0 Å². The Morgan fingerprint density at radius 2 is 2.21 bits per heavy atom. The fourth-order valence-corrected chi connectivity index (χ4v) is 1.79. The van der Waals surface area contributed by atoms with Gasteiger partial charge < -0.3 is 16.4 Å². The lowest BCUT2D eigenvalue weighted by Crippen LogP contribution is -2.55. The van der Waals surface area contributed by atoms with E-state index in [0.29, 0.717) is 12.6 Å². The highest BCUT2D eigenvalue weighted by Crippen LogP contribution is 2.07. The fraction of sp³-hybridized carbons (Fsp3) is 0.889. The van der Waals surface area contributed by atoms with Crippen LogP contribution in [0.3, 0.4) is 0 Å². The lowest BCUT2D eigenvalue weighted by Gasteiger charge is -2.38. The predicted octanol–water partition coefficient (Wildman–Crippen LogP) is -1.57. The molecule has 0 radical (unpaired) electrons. The number of carbonyl (C=O) groups excluding carboxylic acids is 1. The molecule has 82 valence electrons. The van der Waals surface area contributed by atoms with Crippen LogP contribution in [0.2, 0.25) is 0 Å². The Kier molecular flexibility index (Phi) is 3.86. The van der Waals surface area contributed by atoms with Crippen LogP contribution in [0.5, 0.6) is 0 Å². The zero-order valence-corrected chi connectivity index (χ0v) is 8.94. The van der Waals surface area contributed by atoms with Gasteiger partial charge in [-0.25, -0.2) is 0 Å². The number of piperazine rings is 1. The van der Waals surface area contributed by atoms with Crippen molar-refractivity contribution in [3.05, 3.63) is 0 Å². The van der Waals surface area contributed by atoms with E-state index < -0.39 is 11.9 Å². The molecule has 1 heterocycles. The quantitative estimate of drug-likeness (QED) is 0.577. The maximum atomic E-state index is 10.8. The standard InChI is InChI=1S/C9H20N4O/c1-7-5-12(2)3-4-13(7)6-8(10)9(11)14/h7-8H,3-6,10H2,1-2H3,(H2,11,14). The molecule has 0 bridgehead atoms. The Balaban J connectivity index is 2.41. The summed E-state index contributed by atoms with van der Waals surface area (Å²) in [7, 11) is 2.10. The summed E-state index contributed by atoms with van der Waals surface area (Å²) in [5, 5.41) is 0. The molecule has 5 heteroatoms. The molecular formula is C9H20N4O. The summed E-state index contributed by atoms with van der Waals surface area (Å²) in [6.45, 7) is 5.72. The Bertz CT molecular complexity index is 209. The molecule has 0 spiro atoms. The van der Waals surface area contributed by atoms with Crippen LogP contribution in [0, 0.1) is 0 Å². The Hall–Kier alpha value is -0.650. The molecule has 0 aromatic heterocycles. The normalized spacial score (nSPS) is 27.5. The molecule has 0 saturated carbocycles. The van der Waals surface area contributed by atoms with Gasteiger partial charge in [-0.15, -0.1) is 0 Å². The summed E-state index contributed by atoms with van der Waals surface area (Å²) in [4.78, 5) is 15.3. The van der Waals surface area contributed by atoms with Crippen LogP contribution in [0.1, 0.15) is 6.92 Å². The summed E-state index contributed by atoms with van der Waals surface area (Å²) in [5.74, 6) is -0.420. The average Bonchev–Trinajstić information content (AvgIpc) is 2.09. The molecule has 14 heavy (non-hydrogen) atoms. The Labute approximate surface area is 85.0 Å². The lowest BCUT2D eigenvalue weighted by molar-refractivity contribution is -0.119. The first-order valence-electron chi connectivity index (χ1n) is 4.98. The topological polar surface area (TPSA) is 75.6 Å². The van der Waals surface area contributed by atoms with E-state index in [1.165, 1.54) is 0 Å². The Morgan fingerprint density at radius 1 is 1.57 bits per heavy atom. The van der Waals surface area contributed by atoms with Gasteiger partial charge in [-0.1, -0.05) is 0 Å². The van der Waals surface area contributed by atoms with Crippen LogP contribution in [0.15, 0.2) is 0 Å². The molecule has 2 unspecified atom stereocenters. The highest BCUT2D eigenvalue weighted by Gasteiger charge is 2.24.